The van der Waals surface area contributed by atoms with Gasteiger partial charge in [0, 0.05) is 31.9 Å². The summed E-state index contributed by atoms with van der Waals surface area (Å²) in [5.74, 6) is 0. The van der Waals surface area contributed by atoms with Gasteiger partial charge in [0.25, 0.3) is 15.7 Å². The van der Waals surface area contributed by atoms with Gasteiger partial charge in [0.15, 0.2) is 6.29 Å². The highest BCUT2D eigenvalue weighted by atomic mass is 32.2. The molecule has 9 nitrogen and oxygen atoms in total. The van der Waals surface area contributed by atoms with E-state index in [0.29, 0.717) is 5.56 Å². The number of rotatable bonds is 9. The topological polar surface area (TPSA) is 119 Å². The molecule has 0 unspecified atom stereocenters. The minimum Gasteiger partial charge on any atom is -0.392 e. The van der Waals surface area contributed by atoms with Gasteiger partial charge in [-0.1, -0.05) is 18.2 Å². The molecule has 10 heteroatoms. The first-order chi connectivity index (χ1) is 12.8. The maximum absolute atomic E-state index is 13.2. The average molecular weight is 396 g/mol. The molecule has 0 saturated heterocycles. The molecule has 0 amide bonds. The second-order valence-electron chi connectivity index (χ2n) is 5.47. The molecule has 0 fully saturated rings. The predicted octanol–water partition coefficient (Wildman–Crippen LogP) is 1.90. The normalized spacial score (nSPS) is 11.6. The largest absolute Gasteiger partial charge is 0.392 e. The maximum Gasteiger partial charge on any atom is 0.269 e. The van der Waals surface area contributed by atoms with Crippen molar-refractivity contribution in [3.05, 3.63) is 64.2 Å². The van der Waals surface area contributed by atoms with Crippen LogP contribution in [0.3, 0.4) is 0 Å². The predicted molar refractivity (Wildman–Crippen MR) is 97.8 cm³/mol. The van der Waals surface area contributed by atoms with Gasteiger partial charge in [0.2, 0.25) is 0 Å². The molecule has 146 valence electrons. The van der Waals surface area contributed by atoms with Gasteiger partial charge in [-0.3, -0.25) is 14.4 Å². The Morgan fingerprint density at radius 3 is 2.22 bits per heavy atom. The van der Waals surface area contributed by atoms with E-state index in [-0.39, 0.29) is 29.4 Å². The van der Waals surface area contributed by atoms with Gasteiger partial charge in [-0.05, 0) is 18.2 Å². The number of nitro benzene ring substituents is 1. The van der Waals surface area contributed by atoms with E-state index in [2.05, 4.69) is 0 Å². The fraction of sp³-hybridized carbons (Fsp3) is 0.294. The van der Waals surface area contributed by atoms with Crippen molar-refractivity contribution in [2.24, 2.45) is 0 Å². The second kappa shape index (κ2) is 8.91. The summed E-state index contributed by atoms with van der Waals surface area (Å²) in [6, 6.07) is 11.0. The lowest BCUT2D eigenvalue weighted by atomic mass is 10.2. The fourth-order valence-corrected chi connectivity index (χ4v) is 3.95. The van der Waals surface area contributed by atoms with Crippen LogP contribution in [0.15, 0.2) is 53.4 Å². The first-order valence-corrected chi connectivity index (χ1v) is 9.30. The minimum absolute atomic E-state index is 0.133. The van der Waals surface area contributed by atoms with E-state index in [1.807, 2.05) is 0 Å². The zero-order chi connectivity index (χ0) is 20.0. The van der Waals surface area contributed by atoms with E-state index in [1.54, 1.807) is 24.3 Å². The summed E-state index contributed by atoms with van der Waals surface area (Å²) in [5.41, 5.74) is 0.439. The molecule has 0 spiro atoms. The molecular formula is C17H20N2O7S. The Labute approximate surface area is 157 Å². The second-order valence-corrected chi connectivity index (χ2v) is 7.34. The van der Waals surface area contributed by atoms with Crippen molar-refractivity contribution in [1.82, 2.24) is 0 Å². The van der Waals surface area contributed by atoms with Gasteiger partial charge in [-0.15, -0.1) is 0 Å². The van der Waals surface area contributed by atoms with Gasteiger partial charge in [-0.25, -0.2) is 8.42 Å². The van der Waals surface area contributed by atoms with Crippen molar-refractivity contribution >= 4 is 21.4 Å². The number of methoxy groups -OCH3 is 2. The van der Waals surface area contributed by atoms with E-state index < -0.39 is 21.2 Å². The molecule has 2 aromatic rings. The summed E-state index contributed by atoms with van der Waals surface area (Å²) < 4.78 is 37.7. The molecule has 0 saturated carbocycles. The molecule has 0 heterocycles. The van der Waals surface area contributed by atoms with E-state index in [4.69, 9.17) is 9.47 Å². The number of benzene rings is 2. The summed E-state index contributed by atoms with van der Waals surface area (Å²) in [6.07, 6.45) is -0.857. The van der Waals surface area contributed by atoms with Crippen LogP contribution >= 0.6 is 0 Å². The number of hydrogen-bond acceptors (Lipinski definition) is 7. The SMILES string of the molecule is COC(CN(c1ccccc1CO)S(=O)(=O)c1ccc([N+](=O)[O-])cc1)OC. The Kier molecular flexibility index (Phi) is 6.86. The summed E-state index contributed by atoms with van der Waals surface area (Å²) in [5, 5.41) is 20.4. The highest BCUT2D eigenvalue weighted by Crippen LogP contribution is 2.28. The number of nitro groups is 1. The minimum atomic E-state index is -4.10. The Bertz CT molecular complexity index is 880. The van der Waals surface area contributed by atoms with Crippen LogP contribution in [0.1, 0.15) is 5.56 Å². The van der Waals surface area contributed by atoms with Crippen LogP contribution in [0.5, 0.6) is 0 Å². The summed E-state index contributed by atoms with van der Waals surface area (Å²) in [6.45, 7) is -0.545. The molecular weight excluding hydrogens is 376 g/mol. The van der Waals surface area contributed by atoms with Gasteiger partial charge < -0.3 is 14.6 Å². The van der Waals surface area contributed by atoms with Crippen molar-refractivity contribution in [3.63, 3.8) is 0 Å². The third-order valence-corrected chi connectivity index (χ3v) is 5.70. The number of aliphatic hydroxyl groups excluding tert-OH is 1. The van der Waals surface area contributed by atoms with Crippen molar-refractivity contribution in [2.45, 2.75) is 17.8 Å². The highest BCUT2D eigenvalue weighted by Gasteiger charge is 2.29. The molecule has 0 aromatic heterocycles. The summed E-state index contributed by atoms with van der Waals surface area (Å²) in [4.78, 5) is 10.1. The van der Waals surface area contributed by atoms with Gasteiger partial charge in [0.1, 0.15) is 0 Å². The quantitative estimate of drug-likeness (QED) is 0.390. The standard InChI is InChI=1S/C17H20N2O7S/c1-25-17(26-2)11-18(16-6-4-3-5-13(16)12-20)27(23,24)15-9-7-14(8-10-15)19(21)22/h3-10,17,20H,11-12H2,1-2H3. The van der Waals surface area contributed by atoms with Crippen molar-refractivity contribution in [3.8, 4) is 0 Å². The molecule has 0 atom stereocenters. The molecule has 0 aliphatic heterocycles. The molecule has 2 aromatic carbocycles. The van der Waals surface area contributed by atoms with Crippen LogP contribution in [0.2, 0.25) is 0 Å². The lowest BCUT2D eigenvalue weighted by molar-refractivity contribution is -0.384. The van der Waals surface area contributed by atoms with E-state index >= 15 is 0 Å². The summed E-state index contributed by atoms with van der Waals surface area (Å²) >= 11 is 0. The molecule has 2 rings (SSSR count). The molecule has 0 radical (unpaired) electrons. The van der Waals surface area contributed by atoms with Crippen LogP contribution in [0, 0.1) is 10.1 Å². The number of anilines is 1. The van der Waals surface area contributed by atoms with Crippen molar-refractivity contribution < 1.29 is 27.9 Å². The Balaban J connectivity index is 2.55. The lowest BCUT2D eigenvalue weighted by Crippen LogP contribution is -2.39. The zero-order valence-electron chi connectivity index (χ0n) is 14.8. The third-order valence-electron chi connectivity index (χ3n) is 3.91. The smallest absolute Gasteiger partial charge is 0.269 e. The number of hydrogen-bond donors (Lipinski definition) is 1. The van der Waals surface area contributed by atoms with Crippen LogP contribution in [-0.4, -0.2) is 45.5 Å². The maximum atomic E-state index is 13.2. The van der Waals surface area contributed by atoms with E-state index in [9.17, 15) is 23.6 Å². The van der Waals surface area contributed by atoms with Gasteiger partial charge in [-0.2, -0.15) is 0 Å². The van der Waals surface area contributed by atoms with Crippen molar-refractivity contribution in [1.29, 1.82) is 0 Å². The molecule has 0 aliphatic rings. The van der Waals surface area contributed by atoms with E-state index in [0.717, 1.165) is 28.6 Å². The number of aliphatic hydroxyl groups is 1. The van der Waals surface area contributed by atoms with Crippen LogP contribution < -0.4 is 4.31 Å². The molecule has 0 bridgehead atoms. The van der Waals surface area contributed by atoms with E-state index in [1.165, 1.54) is 14.2 Å². The molecule has 27 heavy (non-hydrogen) atoms. The number of sulfonamides is 1. The van der Waals surface area contributed by atoms with Crippen LogP contribution in [-0.2, 0) is 26.1 Å². The number of non-ortho nitro benzene ring substituents is 1. The van der Waals surface area contributed by atoms with Gasteiger partial charge in [0.05, 0.1) is 28.7 Å². The van der Waals surface area contributed by atoms with Crippen molar-refractivity contribution in [2.75, 3.05) is 25.1 Å². The lowest BCUT2D eigenvalue weighted by Gasteiger charge is -2.29. The van der Waals surface area contributed by atoms with Crippen LogP contribution in [0.25, 0.3) is 0 Å². The number of nitrogens with zero attached hydrogens (tertiary/aromatic N) is 2. The third kappa shape index (κ3) is 4.61. The Morgan fingerprint density at radius 1 is 1.11 bits per heavy atom. The Morgan fingerprint density at radius 2 is 1.70 bits per heavy atom. The first kappa shape index (κ1) is 20.8. The highest BCUT2D eigenvalue weighted by molar-refractivity contribution is 7.92. The average Bonchev–Trinajstić information content (AvgIpc) is 2.68. The number of para-hydroxylation sites is 1. The first-order valence-electron chi connectivity index (χ1n) is 7.86. The Hall–Kier alpha value is -2.53. The monoisotopic (exact) mass is 396 g/mol. The zero-order valence-corrected chi connectivity index (χ0v) is 15.6. The number of ether oxygens (including phenoxy) is 2. The summed E-state index contributed by atoms with van der Waals surface area (Å²) in [7, 11) is -1.35. The molecule has 0 aliphatic carbocycles. The fourth-order valence-electron chi connectivity index (χ4n) is 2.46. The molecule has 1 N–H and O–H groups in total. The van der Waals surface area contributed by atoms with Gasteiger partial charge >= 0.3 is 0 Å². The van der Waals surface area contributed by atoms with Crippen LogP contribution in [0.4, 0.5) is 11.4 Å².